The Hall–Kier alpha value is -2.99. The molecule has 1 aromatic heterocycles. The summed E-state index contributed by atoms with van der Waals surface area (Å²) in [5, 5.41) is 0.602. The molecule has 0 aliphatic carbocycles. The molecule has 0 saturated carbocycles. The second-order valence-electron chi connectivity index (χ2n) is 8.15. The van der Waals surface area contributed by atoms with Gasteiger partial charge >= 0.3 is 0 Å². The van der Waals surface area contributed by atoms with E-state index in [1.165, 1.54) is 6.07 Å². The van der Waals surface area contributed by atoms with Gasteiger partial charge in [-0.25, -0.2) is 8.78 Å². The average Bonchev–Trinajstić information content (AvgIpc) is 3.09. The van der Waals surface area contributed by atoms with Crippen LogP contribution in [0, 0.1) is 11.6 Å². The van der Waals surface area contributed by atoms with Crippen LogP contribution < -0.4 is 0 Å². The van der Waals surface area contributed by atoms with E-state index in [2.05, 4.69) is 15.9 Å². The van der Waals surface area contributed by atoms with Crippen molar-refractivity contribution in [2.24, 2.45) is 0 Å². The first-order valence-electron chi connectivity index (χ1n) is 10.5. The van der Waals surface area contributed by atoms with Crippen LogP contribution in [0.1, 0.15) is 22.4 Å². The van der Waals surface area contributed by atoms with Gasteiger partial charge in [0.2, 0.25) is 5.91 Å². The molecule has 32 heavy (non-hydrogen) atoms. The number of fused-ring (bicyclic) bond motifs is 3. The molecule has 3 aromatic carbocycles. The number of benzene rings is 3. The van der Waals surface area contributed by atoms with E-state index >= 15 is 0 Å². The van der Waals surface area contributed by atoms with Crippen LogP contribution in [0.4, 0.5) is 8.78 Å². The molecule has 1 aliphatic heterocycles. The number of hydrogen-bond acceptors (Lipinski definition) is 1. The summed E-state index contributed by atoms with van der Waals surface area (Å²) in [5.41, 5.74) is 4.17. The highest BCUT2D eigenvalue weighted by Crippen LogP contribution is 2.34. The van der Waals surface area contributed by atoms with E-state index in [1.54, 1.807) is 0 Å². The smallest absolute Gasteiger partial charge is 0.227 e. The van der Waals surface area contributed by atoms with Gasteiger partial charge in [0.05, 0.1) is 18.5 Å². The fourth-order valence-electron chi connectivity index (χ4n) is 4.53. The van der Waals surface area contributed by atoms with Crippen LogP contribution in [-0.2, 0) is 30.7 Å². The highest BCUT2D eigenvalue weighted by Gasteiger charge is 2.28. The van der Waals surface area contributed by atoms with Crippen LogP contribution in [0.5, 0.6) is 0 Å². The molecule has 1 aliphatic rings. The molecular weight excluding hydrogens is 474 g/mol. The first-order valence-corrected chi connectivity index (χ1v) is 11.3. The molecule has 0 bridgehead atoms. The molecule has 0 fully saturated rings. The summed E-state index contributed by atoms with van der Waals surface area (Å²) in [6.07, 6.45) is 0.898. The Labute approximate surface area is 193 Å². The predicted molar refractivity (Wildman–Crippen MR) is 124 cm³/mol. The van der Waals surface area contributed by atoms with E-state index in [0.29, 0.717) is 43.4 Å². The Kier molecular flexibility index (Phi) is 5.55. The lowest BCUT2D eigenvalue weighted by atomic mass is 10.0. The Morgan fingerprint density at radius 1 is 0.969 bits per heavy atom. The molecule has 6 heteroatoms. The molecule has 0 N–H and O–H groups in total. The number of carbonyl (C=O) groups is 1. The van der Waals surface area contributed by atoms with Gasteiger partial charge in [0, 0.05) is 34.7 Å². The Morgan fingerprint density at radius 3 is 2.47 bits per heavy atom. The molecule has 0 saturated heterocycles. The average molecular weight is 495 g/mol. The predicted octanol–water partition coefficient (Wildman–Crippen LogP) is 5.86. The van der Waals surface area contributed by atoms with E-state index in [9.17, 15) is 13.6 Å². The van der Waals surface area contributed by atoms with Gasteiger partial charge in [0.1, 0.15) is 11.6 Å². The summed E-state index contributed by atoms with van der Waals surface area (Å²) in [6, 6.07) is 19.8. The van der Waals surface area contributed by atoms with Crippen LogP contribution in [0.2, 0.25) is 0 Å². The maximum atomic E-state index is 15.0. The van der Waals surface area contributed by atoms with Crippen molar-refractivity contribution in [2.75, 3.05) is 6.54 Å². The van der Waals surface area contributed by atoms with E-state index in [4.69, 9.17) is 0 Å². The first-order chi connectivity index (χ1) is 15.5. The van der Waals surface area contributed by atoms with E-state index in [1.807, 2.05) is 64.1 Å². The highest BCUT2D eigenvalue weighted by atomic mass is 79.9. The fourth-order valence-corrected chi connectivity index (χ4v) is 4.80. The van der Waals surface area contributed by atoms with Crippen molar-refractivity contribution >= 4 is 32.7 Å². The Bertz CT molecular complexity index is 1300. The molecule has 0 atom stereocenters. The van der Waals surface area contributed by atoms with E-state index in [-0.39, 0.29) is 5.91 Å². The maximum absolute atomic E-state index is 15.0. The Morgan fingerprint density at radius 2 is 1.72 bits per heavy atom. The van der Waals surface area contributed by atoms with Crippen molar-refractivity contribution in [3.05, 3.63) is 105 Å². The molecule has 3 nitrogen and oxygen atoms in total. The number of halogens is 3. The fraction of sp³-hybridized carbons (Fsp3) is 0.192. The monoisotopic (exact) mass is 494 g/mol. The molecule has 4 aromatic rings. The van der Waals surface area contributed by atoms with Crippen LogP contribution in [0.15, 0.2) is 71.2 Å². The van der Waals surface area contributed by atoms with Crippen LogP contribution in [-0.4, -0.2) is 21.9 Å². The summed E-state index contributed by atoms with van der Waals surface area (Å²) in [7, 11) is 0. The molecule has 1 amide bonds. The number of carbonyl (C=O) groups excluding carboxylic acids is 1. The highest BCUT2D eigenvalue weighted by molar-refractivity contribution is 9.10. The Balaban J connectivity index is 1.54. The standard InChI is InChI=1S/C26H21BrF2N2O/c27-19-8-6-18(7-9-19)15-31-24-16-30(25(32)12-17-4-2-1-3-5-17)11-10-21(24)22-13-20(28)14-23(29)26(22)31/h1-9,13-14H,10-12,15-16H2. The van der Waals surface area contributed by atoms with Crippen molar-refractivity contribution in [3.8, 4) is 0 Å². The molecule has 0 spiro atoms. The molecule has 0 unspecified atom stereocenters. The summed E-state index contributed by atoms with van der Waals surface area (Å²) >= 11 is 3.44. The number of amides is 1. The van der Waals surface area contributed by atoms with Crippen molar-refractivity contribution < 1.29 is 13.6 Å². The van der Waals surface area contributed by atoms with Gasteiger partial charge in [0.25, 0.3) is 0 Å². The number of hydrogen-bond donors (Lipinski definition) is 0. The molecular formula is C26H21BrF2N2O. The summed E-state index contributed by atoms with van der Waals surface area (Å²) in [4.78, 5) is 14.8. The normalized spacial score (nSPS) is 13.4. The molecule has 162 valence electrons. The SMILES string of the molecule is O=C(Cc1ccccc1)N1CCc2c(n(Cc3ccc(Br)cc3)c3c(F)cc(F)cc23)C1. The van der Waals surface area contributed by atoms with Crippen LogP contribution >= 0.6 is 15.9 Å². The van der Waals surface area contributed by atoms with Crippen molar-refractivity contribution in [3.63, 3.8) is 0 Å². The molecule has 5 rings (SSSR count). The second-order valence-corrected chi connectivity index (χ2v) is 9.06. The largest absolute Gasteiger partial charge is 0.336 e. The minimum absolute atomic E-state index is 0.0361. The van der Waals surface area contributed by atoms with Crippen molar-refractivity contribution in [1.82, 2.24) is 9.47 Å². The summed E-state index contributed by atoms with van der Waals surface area (Å²) in [5.74, 6) is -1.12. The van der Waals surface area contributed by atoms with E-state index < -0.39 is 11.6 Å². The topological polar surface area (TPSA) is 25.2 Å². The van der Waals surface area contributed by atoms with Gasteiger partial charge < -0.3 is 9.47 Å². The van der Waals surface area contributed by atoms with Crippen molar-refractivity contribution in [1.29, 1.82) is 0 Å². The first kappa shape index (κ1) is 20.9. The number of rotatable bonds is 4. The zero-order valence-corrected chi connectivity index (χ0v) is 18.9. The molecule has 2 heterocycles. The van der Waals surface area contributed by atoms with E-state index in [0.717, 1.165) is 32.9 Å². The lowest BCUT2D eigenvalue weighted by molar-refractivity contribution is -0.131. The molecule has 0 radical (unpaired) electrons. The quantitative estimate of drug-likeness (QED) is 0.348. The minimum Gasteiger partial charge on any atom is -0.336 e. The van der Waals surface area contributed by atoms with Gasteiger partial charge in [-0.05, 0) is 41.3 Å². The zero-order chi connectivity index (χ0) is 22.2. The van der Waals surface area contributed by atoms with Gasteiger partial charge in [-0.1, -0.05) is 58.4 Å². The number of aromatic nitrogens is 1. The van der Waals surface area contributed by atoms with Crippen molar-refractivity contribution in [2.45, 2.75) is 25.9 Å². The summed E-state index contributed by atoms with van der Waals surface area (Å²) < 4.78 is 31.9. The maximum Gasteiger partial charge on any atom is 0.227 e. The lowest BCUT2D eigenvalue weighted by Gasteiger charge is -2.29. The summed E-state index contributed by atoms with van der Waals surface area (Å²) in [6.45, 7) is 1.36. The third kappa shape index (κ3) is 3.95. The second kappa shape index (κ2) is 8.51. The van der Waals surface area contributed by atoms with Gasteiger partial charge in [-0.2, -0.15) is 0 Å². The zero-order valence-electron chi connectivity index (χ0n) is 17.3. The van der Waals surface area contributed by atoms with Crippen LogP contribution in [0.3, 0.4) is 0 Å². The van der Waals surface area contributed by atoms with Gasteiger partial charge in [0.15, 0.2) is 0 Å². The van der Waals surface area contributed by atoms with Gasteiger partial charge in [-0.15, -0.1) is 0 Å². The van der Waals surface area contributed by atoms with Crippen LogP contribution in [0.25, 0.3) is 10.9 Å². The number of nitrogens with zero attached hydrogens (tertiary/aromatic N) is 2. The third-order valence-electron chi connectivity index (χ3n) is 6.07. The third-order valence-corrected chi connectivity index (χ3v) is 6.60. The minimum atomic E-state index is -0.582. The lowest BCUT2D eigenvalue weighted by Crippen LogP contribution is -2.37. The van der Waals surface area contributed by atoms with Gasteiger partial charge in [-0.3, -0.25) is 4.79 Å².